The number of nitrogens with zero attached hydrogens (tertiary/aromatic N) is 1. The van der Waals surface area contributed by atoms with Gasteiger partial charge in [0.25, 0.3) is 0 Å². The van der Waals surface area contributed by atoms with Crippen molar-refractivity contribution >= 4 is 11.9 Å². The Morgan fingerprint density at radius 2 is 1.77 bits per heavy atom. The van der Waals surface area contributed by atoms with E-state index in [1.54, 1.807) is 0 Å². The van der Waals surface area contributed by atoms with Crippen LogP contribution in [-0.4, -0.2) is 61.4 Å². The minimum absolute atomic E-state index is 0.0905. The molecule has 1 unspecified atom stereocenters. The molecule has 0 heterocycles. The molecule has 0 fully saturated rings. The van der Waals surface area contributed by atoms with Crippen molar-refractivity contribution in [3.05, 3.63) is 0 Å². The number of rotatable bonds is 12. The number of esters is 1. The van der Waals surface area contributed by atoms with Gasteiger partial charge in [-0.15, -0.1) is 0 Å². The van der Waals surface area contributed by atoms with Gasteiger partial charge in [-0.25, -0.2) is 0 Å². The van der Waals surface area contributed by atoms with E-state index in [-0.39, 0.29) is 12.8 Å². The fraction of sp³-hybridized carbons (Fsp3) is 0.875. The number of aliphatic hydroxyl groups is 1. The second kappa shape index (κ2) is 10.6. The molecule has 0 aromatic heterocycles. The Bertz CT molecular complexity index is 338. The Kier molecular flexibility index (Phi) is 10.0. The zero-order valence-corrected chi connectivity index (χ0v) is 14.3. The maximum absolute atomic E-state index is 11.8. The Labute approximate surface area is 133 Å². The van der Waals surface area contributed by atoms with Gasteiger partial charge in [0.1, 0.15) is 6.54 Å². The van der Waals surface area contributed by atoms with Gasteiger partial charge in [-0.2, -0.15) is 0 Å². The van der Waals surface area contributed by atoms with Crippen molar-refractivity contribution in [2.75, 3.05) is 27.7 Å². The van der Waals surface area contributed by atoms with E-state index in [2.05, 4.69) is 6.92 Å². The zero-order chi connectivity index (χ0) is 17.2. The standard InChI is InChI=1S/C16H31NO5/c1-5-6-7-8-9-13(18)10-16(21)22-14(11-15(19)20)12-17(2,3)4/h13-14,18H,5-12H2,1-4H3/t13?,14-/m1/s1. The van der Waals surface area contributed by atoms with Crippen LogP contribution in [-0.2, 0) is 14.3 Å². The summed E-state index contributed by atoms with van der Waals surface area (Å²) in [6.45, 7) is 2.49. The summed E-state index contributed by atoms with van der Waals surface area (Å²) in [5, 5.41) is 20.6. The minimum Gasteiger partial charge on any atom is -0.550 e. The smallest absolute Gasteiger partial charge is 0.308 e. The minimum atomic E-state index is -1.24. The average Bonchev–Trinajstić information content (AvgIpc) is 2.31. The van der Waals surface area contributed by atoms with E-state index < -0.39 is 24.1 Å². The van der Waals surface area contributed by atoms with Crippen molar-refractivity contribution in [2.24, 2.45) is 0 Å². The van der Waals surface area contributed by atoms with Gasteiger partial charge in [-0.3, -0.25) is 4.79 Å². The Hall–Kier alpha value is -1.14. The first-order chi connectivity index (χ1) is 10.1. The van der Waals surface area contributed by atoms with E-state index in [4.69, 9.17) is 4.74 Å². The van der Waals surface area contributed by atoms with Gasteiger partial charge in [0, 0.05) is 12.4 Å². The van der Waals surface area contributed by atoms with E-state index in [1.807, 2.05) is 21.1 Å². The predicted molar refractivity (Wildman–Crippen MR) is 81.8 cm³/mol. The van der Waals surface area contributed by atoms with Crippen LogP contribution in [0.4, 0.5) is 0 Å². The van der Waals surface area contributed by atoms with E-state index in [0.717, 1.165) is 25.7 Å². The lowest BCUT2D eigenvalue weighted by Crippen LogP contribution is -2.45. The molecule has 2 atom stereocenters. The van der Waals surface area contributed by atoms with E-state index >= 15 is 0 Å². The van der Waals surface area contributed by atoms with Crippen LogP contribution in [0.25, 0.3) is 0 Å². The third-order valence-corrected chi connectivity index (χ3v) is 3.24. The van der Waals surface area contributed by atoms with Gasteiger partial charge in [0.2, 0.25) is 0 Å². The number of hydrogen-bond donors (Lipinski definition) is 1. The van der Waals surface area contributed by atoms with E-state index in [0.29, 0.717) is 17.4 Å². The van der Waals surface area contributed by atoms with Crippen molar-refractivity contribution in [3.8, 4) is 0 Å². The normalized spacial score (nSPS) is 14.4. The molecule has 0 aromatic carbocycles. The van der Waals surface area contributed by atoms with Crippen LogP contribution in [0.1, 0.15) is 51.9 Å². The maximum atomic E-state index is 11.8. The molecule has 1 N–H and O–H groups in total. The predicted octanol–water partition coefficient (Wildman–Crippen LogP) is 0.466. The molecule has 0 saturated carbocycles. The number of unbranched alkanes of at least 4 members (excludes halogenated alkanes) is 3. The molecular weight excluding hydrogens is 286 g/mol. The largest absolute Gasteiger partial charge is 0.550 e. The first-order valence-corrected chi connectivity index (χ1v) is 8.02. The quantitative estimate of drug-likeness (QED) is 0.321. The Balaban J connectivity index is 4.23. The lowest BCUT2D eigenvalue weighted by molar-refractivity contribution is -0.873. The van der Waals surface area contributed by atoms with Crippen molar-refractivity contribution in [2.45, 2.75) is 64.1 Å². The first-order valence-electron chi connectivity index (χ1n) is 8.02. The molecule has 130 valence electrons. The molecule has 0 rings (SSSR count). The van der Waals surface area contributed by atoms with Crippen LogP contribution in [0.15, 0.2) is 0 Å². The fourth-order valence-corrected chi connectivity index (χ4v) is 2.28. The van der Waals surface area contributed by atoms with Crippen LogP contribution in [0.5, 0.6) is 0 Å². The van der Waals surface area contributed by atoms with Gasteiger partial charge in [-0.05, 0) is 6.42 Å². The topological polar surface area (TPSA) is 86.7 Å². The summed E-state index contributed by atoms with van der Waals surface area (Å²) in [4.78, 5) is 22.6. The highest BCUT2D eigenvalue weighted by Gasteiger charge is 2.23. The zero-order valence-electron chi connectivity index (χ0n) is 14.3. The van der Waals surface area contributed by atoms with Crippen molar-refractivity contribution in [1.82, 2.24) is 0 Å². The van der Waals surface area contributed by atoms with Crippen LogP contribution in [0, 0.1) is 0 Å². The van der Waals surface area contributed by atoms with Gasteiger partial charge in [-0.1, -0.05) is 32.6 Å². The van der Waals surface area contributed by atoms with Crippen LogP contribution in [0.3, 0.4) is 0 Å². The summed E-state index contributed by atoms with van der Waals surface area (Å²) >= 11 is 0. The number of carbonyl (C=O) groups excluding carboxylic acids is 2. The molecule has 0 radical (unpaired) electrons. The molecule has 0 bridgehead atoms. The van der Waals surface area contributed by atoms with Gasteiger partial charge in [0.15, 0.2) is 6.10 Å². The SMILES string of the molecule is CCCCCCC(O)CC(=O)O[C@H](CC(=O)[O-])C[N+](C)(C)C. The molecule has 22 heavy (non-hydrogen) atoms. The highest BCUT2D eigenvalue weighted by molar-refractivity contribution is 5.71. The molecule has 0 saturated heterocycles. The summed E-state index contributed by atoms with van der Waals surface area (Å²) in [6.07, 6.45) is 2.85. The third-order valence-electron chi connectivity index (χ3n) is 3.24. The number of likely N-dealkylation sites (N-methyl/N-ethyl adjacent to an activating group) is 1. The first kappa shape index (κ1) is 20.9. The number of carboxylic acids is 1. The average molecular weight is 317 g/mol. The van der Waals surface area contributed by atoms with Gasteiger partial charge < -0.3 is 24.2 Å². The number of ether oxygens (including phenoxy) is 1. The summed E-state index contributed by atoms with van der Waals surface area (Å²) in [7, 11) is 5.66. The van der Waals surface area contributed by atoms with Crippen molar-refractivity contribution in [1.29, 1.82) is 0 Å². The van der Waals surface area contributed by atoms with Crippen LogP contribution >= 0.6 is 0 Å². The highest BCUT2D eigenvalue weighted by atomic mass is 16.5. The second-order valence-electron chi connectivity index (χ2n) is 6.87. The molecule has 6 heteroatoms. The molecule has 0 aliphatic carbocycles. The number of quaternary nitrogens is 1. The van der Waals surface area contributed by atoms with Crippen LogP contribution < -0.4 is 5.11 Å². The van der Waals surface area contributed by atoms with Crippen LogP contribution in [0.2, 0.25) is 0 Å². The maximum Gasteiger partial charge on any atom is 0.308 e. The number of aliphatic carboxylic acids is 1. The van der Waals surface area contributed by atoms with Gasteiger partial charge in [0.05, 0.1) is 33.7 Å². The Morgan fingerprint density at radius 1 is 1.14 bits per heavy atom. The lowest BCUT2D eigenvalue weighted by Gasteiger charge is -2.29. The number of aliphatic hydroxyl groups excluding tert-OH is 1. The number of carbonyl (C=O) groups is 2. The van der Waals surface area contributed by atoms with Gasteiger partial charge >= 0.3 is 5.97 Å². The summed E-state index contributed by atoms with van der Waals surface area (Å²) in [5.41, 5.74) is 0. The van der Waals surface area contributed by atoms with Crippen molar-refractivity contribution in [3.63, 3.8) is 0 Å². The Morgan fingerprint density at radius 3 is 2.27 bits per heavy atom. The highest BCUT2D eigenvalue weighted by Crippen LogP contribution is 2.11. The molecule has 0 amide bonds. The molecule has 0 aromatic rings. The molecule has 0 aliphatic rings. The third kappa shape index (κ3) is 12.6. The molecule has 6 nitrogen and oxygen atoms in total. The fourth-order valence-electron chi connectivity index (χ4n) is 2.28. The summed E-state index contributed by atoms with van der Waals surface area (Å²) in [6, 6.07) is 0. The number of carboxylic acid groups (broad SMARTS) is 1. The van der Waals surface area contributed by atoms with Crippen molar-refractivity contribution < 1.29 is 29.0 Å². The summed E-state index contributed by atoms with van der Waals surface area (Å²) < 4.78 is 5.68. The second-order valence-corrected chi connectivity index (χ2v) is 6.87. The van der Waals surface area contributed by atoms with E-state index in [9.17, 15) is 19.8 Å². The molecule has 0 aliphatic heterocycles. The summed E-state index contributed by atoms with van der Waals surface area (Å²) in [5.74, 6) is -1.80. The number of hydrogen-bond acceptors (Lipinski definition) is 5. The molecular formula is C16H31NO5. The lowest BCUT2D eigenvalue weighted by atomic mass is 10.1. The molecule has 0 spiro atoms. The monoisotopic (exact) mass is 317 g/mol. The van der Waals surface area contributed by atoms with E-state index in [1.165, 1.54) is 0 Å².